The summed E-state index contributed by atoms with van der Waals surface area (Å²) in [6.07, 6.45) is 1.34. The second-order valence-corrected chi connectivity index (χ2v) is 10.6. The highest BCUT2D eigenvalue weighted by atomic mass is 79.9. The van der Waals surface area contributed by atoms with Crippen molar-refractivity contribution in [3.8, 4) is 11.5 Å². The molecule has 11 heteroatoms. The van der Waals surface area contributed by atoms with E-state index in [1.54, 1.807) is 31.2 Å². The van der Waals surface area contributed by atoms with Crippen molar-refractivity contribution in [2.75, 3.05) is 6.61 Å². The van der Waals surface area contributed by atoms with Gasteiger partial charge < -0.3 is 9.47 Å². The van der Waals surface area contributed by atoms with Crippen molar-refractivity contribution in [3.05, 3.63) is 102 Å². The maximum absolute atomic E-state index is 13.6. The first-order valence-electron chi connectivity index (χ1n) is 12.1. The summed E-state index contributed by atoms with van der Waals surface area (Å²) in [5.41, 5.74) is 0.0780. The van der Waals surface area contributed by atoms with Crippen molar-refractivity contribution in [2.45, 2.75) is 39.7 Å². The fourth-order valence-corrected chi connectivity index (χ4v) is 4.24. The second-order valence-electron chi connectivity index (χ2n) is 9.68. The minimum Gasteiger partial charge on any atom is -0.490 e. The number of hydrogen-bond donors (Lipinski definition) is 0. The first kappa shape index (κ1) is 27.9. The van der Waals surface area contributed by atoms with E-state index in [4.69, 9.17) is 9.47 Å². The number of halogens is 2. The molecule has 0 fully saturated rings. The standard InChI is InChI=1S/C28H26BrFN4O5/c1-5-38-24-13-18(12-23(34(36)37)25(24)39-16-17-7-6-8-20(30)11-17)15-31-33-26(35)21-14-19(29)9-10-22(21)32-27(33)28(2,3)4/h6-15H,5,16H2,1-4H3. The van der Waals surface area contributed by atoms with Crippen LogP contribution in [0.4, 0.5) is 10.1 Å². The van der Waals surface area contributed by atoms with Crippen LogP contribution < -0.4 is 15.0 Å². The molecule has 0 aliphatic carbocycles. The number of nitro groups is 1. The second kappa shape index (κ2) is 11.3. The van der Waals surface area contributed by atoms with Gasteiger partial charge in [-0.05, 0) is 48.9 Å². The lowest BCUT2D eigenvalue weighted by atomic mass is 9.95. The first-order chi connectivity index (χ1) is 18.5. The topological polar surface area (TPSA) is 109 Å². The summed E-state index contributed by atoms with van der Waals surface area (Å²) in [5, 5.41) is 16.8. The Balaban J connectivity index is 1.80. The molecule has 0 radical (unpaired) electrons. The molecular weight excluding hydrogens is 571 g/mol. The average molecular weight is 597 g/mol. The van der Waals surface area contributed by atoms with Gasteiger partial charge in [-0.3, -0.25) is 14.9 Å². The van der Waals surface area contributed by atoms with Gasteiger partial charge in [0.1, 0.15) is 18.2 Å². The van der Waals surface area contributed by atoms with Gasteiger partial charge >= 0.3 is 5.69 Å². The zero-order valence-electron chi connectivity index (χ0n) is 21.8. The minimum absolute atomic E-state index is 0.0898. The Hall–Kier alpha value is -4.12. The summed E-state index contributed by atoms with van der Waals surface area (Å²) < 4.78 is 26.9. The van der Waals surface area contributed by atoms with Gasteiger partial charge in [0.05, 0.1) is 28.6 Å². The van der Waals surface area contributed by atoms with E-state index in [1.165, 1.54) is 41.2 Å². The highest BCUT2D eigenvalue weighted by Crippen LogP contribution is 2.39. The molecule has 0 saturated heterocycles. The largest absolute Gasteiger partial charge is 0.490 e. The third-order valence-corrected chi connectivity index (χ3v) is 6.12. The van der Waals surface area contributed by atoms with E-state index in [2.05, 4.69) is 26.0 Å². The number of nitrogens with zero attached hydrogens (tertiary/aromatic N) is 4. The van der Waals surface area contributed by atoms with Crippen LogP contribution >= 0.6 is 15.9 Å². The van der Waals surface area contributed by atoms with Crippen LogP contribution in [0.5, 0.6) is 11.5 Å². The molecule has 0 bridgehead atoms. The highest BCUT2D eigenvalue weighted by molar-refractivity contribution is 9.10. The van der Waals surface area contributed by atoms with Crippen molar-refractivity contribution in [2.24, 2.45) is 5.10 Å². The van der Waals surface area contributed by atoms with Crippen LogP contribution in [-0.4, -0.2) is 27.4 Å². The highest BCUT2D eigenvalue weighted by Gasteiger charge is 2.25. The predicted octanol–water partition coefficient (Wildman–Crippen LogP) is 6.36. The van der Waals surface area contributed by atoms with Crippen LogP contribution in [0.3, 0.4) is 0 Å². The van der Waals surface area contributed by atoms with Crippen LogP contribution in [0.25, 0.3) is 10.9 Å². The molecule has 4 aromatic rings. The van der Waals surface area contributed by atoms with E-state index in [1.807, 2.05) is 20.8 Å². The molecule has 0 saturated carbocycles. The zero-order chi connectivity index (χ0) is 28.3. The molecule has 0 unspecified atom stereocenters. The Kier molecular flexibility index (Phi) is 8.10. The maximum atomic E-state index is 13.6. The Morgan fingerprint density at radius 1 is 1.15 bits per heavy atom. The van der Waals surface area contributed by atoms with Gasteiger partial charge in [0.15, 0.2) is 5.75 Å². The van der Waals surface area contributed by atoms with E-state index in [-0.39, 0.29) is 36.0 Å². The van der Waals surface area contributed by atoms with Gasteiger partial charge in [0, 0.05) is 21.5 Å². The van der Waals surface area contributed by atoms with Crippen molar-refractivity contribution < 1.29 is 18.8 Å². The van der Waals surface area contributed by atoms with Crippen LogP contribution in [-0.2, 0) is 12.0 Å². The normalized spacial score (nSPS) is 11.7. The van der Waals surface area contributed by atoms with Crippen LogP contribution in [0.15, 0.2) is 69.0 Å². The summed E-state index contributed by atoms with van der Waals surface area (Å²) in [5.74, 6) is 0.0114. The number of fused-ring (bicyclic) bond motifs is 1. The molecule has 0 N–H and O–H groups in total. The number of nitro benzene ring substituents is 1. The maximum Gasteiger partial charge on any atom is 0.315 e. The van der Waals surface area contributed by atoms with Crippen molar-refractivity contribution in [1.29, 1.82) is 0 Å². The molecule has 1 aromatic heterocycles. The Bertz CT molecular complexity index is 1650. The van der Waals surface area contributed by atoms with E-state index in [0.29, 0.717) is 27.9 Å². The summed E-state index contributed by atoms with van der Waals surface area (Å²) in [7, 11) is 0. The Morgan fingerprint density at radius 3 is 2.59 bits per heavy atom. The lowest BCUT2D eigenvalue weighted by molar-refractivity contribution is -0.386. The molecule has 9 nitrogen and oxygen atoms in total. The number of rotatable bonds is 8. The summed E-state index contributed by atoms with van der Waals surface area (Å²) in [6.45, 7) is 7.58. The summed E-state index contributed by atoms with van der Waals surface area (Å²) >= 11 is 3.38. The van der Waals surface area contributed by atoms with Crippen LogP contribution in [0, 0.1) is 15.9 Å². The third kappa shape index (κ3) is 6.31. The zero-order valence-corrected chi connectivity index (χ0v) is 23.4. The fraction of sp³-hybridized carbons (Fsp3) is 0.250. The smallest absolute Gasteiger partial charge is 0.315 e. The molecule has 0 aliphatic rings. The van der Waals surface area contributed by atoms with Gasteiger partial charge in [-0.25, -0.2) is 9.37 Å². The fourth-order valence-electron chi connectivity index (χ4n) is 3.87. The molecule has 0 aliphatic heterocycles. The third-order valence-electron chi connectivity index (χ3n) is 5.63. The Morgan fingerprint density at radius 2 is 1.92 bits per heavy atom. The molecule has 0 spiro atoms. The van der Waals surface area contributed by atoms with Crippen molar-refractivity contribution in [1.82, 2.24) is 9.66 Å². The molecule has 3 aromatic carbocycles. The number of benzene rings is 3. The molecule has 0 amide bonds. The van der Waals surface area contributed by atoms with Crippen LogP contribution in [0.1, 0.15) is 44.6 Å². The molecule has 39 heavy (non-hydrogen) atoms. The molecule has 1 heterocycles. The van der Waals surface area contributed by atoms with E-state index >= 15 is 0 Å². The molecular formula is C28H26BrFN4O5. The summed E-state index contributed by atoms with van der Waals surface area (Å²) in [4.78, 5) is 29.5. The molecule has 4 rings (SSSR count). The SMILES string of the molecule is CCOc1cc(C=Nn2c(C(C)(C)C)nc3ccc(Br)cc3c2=O)cc([N+](=O)[O-])c1OCc1cccc(F)c1. The van der Waals surface area contributed by atoms with Crippen molar-refractivity contribution >= 4 is 38.7 Å². The first-order valence-corrected chi connectivity index (χ1v) is 12.9. The monoisotopic (exact) mass is 596 g/mol. The van der Waals surface area contributed by atoms with Crippen molar-refractivity contribution in [3.63, 3.8) is 0 Å². The van der Waals surface area contributed by atoms with Gasteiger partial charge in [-0.2, -0.15) is 9.78 Å². The van der Waals surface area contributed by atoms with E-state index < -0.39 is 16.2 Å². The van der Waals surface area contributed by atoms with E-state index in [9.17, 15) is 19.3 Å². The molecule has 0 atom stereocenters. The predicted molar refractivity (Wildman–Crippen MR) is 150 cm³/mol. The van der Waals surface area contributed by atoms with Gasteiger partial charge in [-0.15, -0.1) is 0 Å². The lowest BCUT2D eigenvalue weighted by Crippen LogP contribution is -2.29. The van der Waals surface area contributed by atoms with Gasteiger partial charge in [0.2, 0.25) is 5.75 Å². The molecule has 202 valence electrons. The number of aromatic nitrogens is 2. The number of hydrogen-bond acceptors (Lipinski definition) is 7. The summed E-state index contributed by atoms with van der Waals surface area (Å²) in [6, 6.07) is 13.8. The number of ether oxygens (including phenoxy) is 2. The van der Waals surface area contributed by atoms with Gasteiger partial charge in [0.25, 0.3) is 5.56 Å². The quantitative estimate of drug-likeness (QED) is 0.133. The lowest BCUT2D eigenvalue weighted by Gasteiger charge is -2.21. The van der Waals surface area contributed by atoms with E-state index in [0.717, 1.165) is 4.47 Å². The average Bonchev–Trinajstić information content (AvgIpc) is 2.87. The van der Waals surface area contributed by atoms with Gasteiger partial charge in [-0.1, -0.05) is 48.8 Å². The Labute approximate surface area is 232 Å². The van der Waals surface area contributed by atoms with Crippen LogP contribution in [0.2, 0.25) is 0 Å². The minimum atomic E-state index is -0.595.